The standard InChI is InChI=1S/C10H17NO2/c1-13-6-10(12)11-9-5-7-2-3-8(9)4-7/h7-9H,2-6H2,1H3,(H,11,12). The average molecular weight is 183 g/mol. The van der Waals surface area contributed by atoms with E-state index >= 15 is 0 Å². The largest absolute Gasteiger partial charge is 0.375 e. The Morgan fingerprint density at radius 1 is 1.46 bits per heavy atom. The summed E-state index contributed by atoms with van der Waals surface area (Å²) in [7, 11) is 1.56. The molecule has 2 bridgehead atoms. The number of amides is 1. The molecule has 1 N–H and O–H groups in total. The lowest BCUT2D eigenvalue weighted by Gasteiger charge is -2.22. The maximum Gasteiger partial charge on any atom is 0.246 e. The lowest BCUT2D eigenvalue weighted by Crippen LogP contribution is -2.40. The lowest BCUT2D eigenvalue weighted by molar-refractivity contribution is -0.125. The number of hydrogen-bond donors (Lipinski definition) is 1. The van der Waals surface area contributed by atoms with E-state index in [0.717, 1.165) is 11.8 Å². The van der Waals surface area contributed by atoms with Crippen molar-refractivity contribution in [3.05, 3.63) is 0 Å². The van der Waals surface area contributed by atoms with Crippen molar-refractivity contribution < 1.29 is 9.53 Å². The third-order valence-corrected chi connectivity index (χ3v) is 3.36. The van der Waals surface area contributed by atoms with Crippen molar-refractivity contribution in [3.8, 4) is 0 Å². The summed E-state index contributed by atoms with van der Waals surface area (Å²) in [6.07, 6.45) is 5.21. The van der Waals surface area contributed by atoms with E-state index in [1.165, 1.54) is 25.7 Å². The molecule has 0 aromatic heterocycles. The van der Waals surface area contributed by atoms with Crippen LogP contribution in [0.3, 0.4) is 0 Å². The van der Waals surface area contributed by atoms with E-state index in [9.17, 15) is 4.79 Å². The molecule has 0 aromatic rings. The first-order chi connectivity index (χ1) is 6.29. The SMILES string of the molecule is COCC(=O)NC1CC2CCC1C2. The van der Waals surface area contributed by atoms with Crippen LogP contribution in [0.2, 0.25) is 0 Å². The van der Waals surface area contributed by atoms with Gasteiger partial charge in [-0.15, -0.1) is 0 Å². The first kappa shape index (κ1) is 9.00. The summed E-state index contributed by atoms with van der Waals surface area (Å²) in [4.78, 5) is 11.2. The van der Waals surface area contributed by atoms with Crippen molar-refractivity contribution in [2.75, 3.05) is 13.7 Å². The quantitative estimate of drug-likeness (QED) is 0.707. The van der Waals surface area contributed by atoms with E-state index in [1.54, 1.807) is 7.11 Å². The molecule has 1 amide bonds. The predicted octanol–water partition coefficient (Wildman–Crippen LogP) is 0.938. The molecule has 2 fully saturated rings. The molecule has 2 aliphatic carbocycles. The number of nitrogens with one attached hydrogen (secondary N) is 1. The highest BCUT2D eigenvalue weighted by atomic mass is 16.5. The van der Waals surface area contributed by atoms with E-state index in [2.05, 4.69) is 5.32 Å². The molecule has 0 spiro atoms. The molecule has 2 saturated carbocycles. The van der Waals surface area contributed by atoms with Gasteiger partial charge in [-0.1, -0.05) is 6.42 Å². The third-order valence-electron chi connectivity index (χ3n) is 3.36. The molecule has 3 unspecified atom stereocenters. The molecule has 3 atom stereocenters. The summed E-state index contributed by atoms with van der Waals surface area (Å²) in [5.74, 6) is 1.68. The molecule has 2 aliphatic rings. The summed E-state index contributed by atoms with van der Waals surface area (Å²) in [5.41, 5.74) is 0. The van der Waals surface area contributed by atoms with Crippen molar-refractivity contribution in [3.63, 3.8) is 0 Å². The van der Waals surface area contributed by atoms with Gasteiger partial charge in [-0.3, -0.25) is 4.79 Å². The second-order valence-electron chi connectivity index (χ2n) is 4.28. The Bertz CT molecular complexity index is 205. The van der Waals surface area contributed by atoms with Gasteiger partial charge in [0.2, 0.25) is 5.91 Å². The molecule has 0 aromatic carbocycles. The van der Waals surface area contributed by atoms with E-state index in [4.69, 9.17) is 4.74 Å². The summed E-state index contributed by atoms with van der Waals surface area (Å²) in [6.45, 7) is 0.202. The average Bonchev–Trinajstić information content (AvgIpc) is 2.65. The minimum Gasteiger partial charge on any atom is -0.375 e. The fourth-order valence-corrected chi connectivity index (χ4v) is 2.80. The molecular formula is C10H17NO2. The Hall–Kier alpha value is -0.570. The molecule has 74 valence electrons. The van der Waals surface area contributed by atoms with Crippen LogP contribution >= 0.6 is 0 Å². The van der Waals surface area contributed by atoms with Gasteiger partial charge in [-0.2, -0.15) is 0 Å². The number of carbonyl (C=O) groups excluding carboxylic acids is 1. The second-order valence-corrected chi connectivity index (χ2v) is 4.28. The van der Waals surface area contributed by atoms with Crippen molar-refractivity contribution in [1.82, 2.24) is 5.32 Å². The van der Waals surface area contributed by atoms with Crippen LogP contribution in [0.25, 0.3) is 0 Å². The first-order valence-corrected chi connectivity index (χ1v) is 5.08. The van der Waals surface area contributed by atoms with Crippen LogP contribution < -0.4 is 5.32 Å². The van der Waals surface area contributed by atoms with Gasteiger partial charge < -0.3 is 10.1 Å². The number of ether oxygens (including phenoxy) is 1. The molecular weight excluding hydrogens is 166 g/mol. The molecule has 3 nitrogen and oxygen atoms in total. The van der Waals surface area contributed by atoms with Crippen molar-refractivity contribution >= 4 is 5.91 Å². The minimum absolute atomic E-state index is 0.0417. The monoisotopic (exact) mass is 183 g/mol. The van der Waals surface area contributed by atoms with Crippen LogP contribution in [0, 0.1) is 11.8 Å². The van der Waals surface area contributed by atoms with Crippen molar-refractivity contribution in [1.29, 1.82) is 0 Å². The highest BCUT2D eigenvalue weighted by molar-refractivity contribution is 5.77. The Labute approximate surface area is 78.8 Å². The van der Waals surface area contributed by atoms with E-state index < -0.39 is 0 Å². The minimum atomic E-state index is 0.0417. The highest BCUT2D eigenvalue weighted by Gasteiger charge is 2.39. The number of hydrogen-bond acceptors (Lipinski definition) is 2. The fourth-order valence-electron chi connectivity index (χ4n) is 2.80. The smallest absolute Gasteiger partial charge is 0.246 e. The Morgan fingerprint density at radius 3 is 2.85 bits per heavy atom. The van der Waals surface area contributed by atoms with Crippen LogP contribution in [0.5, 0.6) is 0 Å². The van der Waals surface area contributed by atoms with Gasteiger partial charge in [0.1, 0.15) is 6.61 Å². The number of rotatable bonds is 3. The van der Waals surface area contributed by atoms with Gasteiger partial charge >= 0.3 is 0 Å². The van der Waals surface area contributed by atoms with Crippen LogP contribution in [0.4, 0.5) is 0 Å². The number of fused-ring (bicyclic) bond motifs is 2. The summed E-state index contributed by atoms with van der Waals surface area (Å²) < 4.78 is 4.78. The zero-order valence-corrected chi connectivity index (χ0v) is 8.08. The highest BCUT2D eigenvalue weighted by Crippen LogP contribution is 2.44. The van der Waals surface area contributed by atoms with Crippen molar-refractivity contribution in [2.45, 2.75) is 31.7 Å². The van der Waals surface area contributed by atoms with Gasteiger partial charge in [0.25, 0.3) is 0 Å². The van der Waals surface area contributed by atoms with E-state index in [0.29, 0.717) is 6.04 Å². The predicted molar refractivity (Wildman–Crippen MR) is 49.3 cm³/mol. The molecule has 0 saturated heterocycles. The summed E-state index contributed by atoms with van der Waals surface area (Å²) in [5, 5.41) is 3.05. The second kappa shape index (κ2) is 3.66. The zero-order chi connectivity index (χ0) is 9.26. The van der Waals surface area contributed by atoms with Gasteiger partial charge in [-0.05, 0) is 31.1 Å². The topological polar surface area (TPSA) is 38.3 Å². The normalized spacial score (nSPS) is 36.5. The summed E-state index contributed by atoms with van der Waals surface area (Å²) in [6, 6.07) is 0.446. The van der Waals surface area contributed by atoms with Crippen LogP contribution in [-0.4, -0.2) is 25.7 Å². The maximum atomic E-state index is 11.2. The van der Waals surface area contributed by atoms with E-state index in [-0.39, 0.29) is 12.5 Å². The zero-order valence-electron chi connectivity index (χ0n) is 8.08. The van der Waals surface area contributed by atoms with E-state index in [1.807, 2.05) is 0 Å². The molecule has 0 aliphatic heterocycles. The Morgan fingerprint density at radius 2 is 2.31 bits per heavy atom. The Kier molecular flexibility index (Phi) is 2.54. The van der Waals surface area contributed by atoms with Gasteiger partial charge in [0.05, 0.1) is 0 Å². The Balaban J connectivity index is 1.79. The molecule has 13 heavy (non-hydrogen) atoms. The lowest BCUT2D eigenvalue weighted by atomic mass is 9.95. The fraction of sp³-hybridized carbons (Fsp3) is 0.900. The molecule has 2 rings (SSSR count). The number of carbonyl (C=O) groups is 1. The molecule has 0 heterocycles. The maximum absolute atomic E-state index is 11.2. The van der Waals surface area contributed by atoms with Crippen LogP contribution in [0.1, 0.15) is 25.7 Å². The molecule has 0 radical (unpaired) electrons. The van der Waals surface area contributed by atoms with Gasteiger partial charge in [0, 0.05) is 13.2 Å². The summed E-state index contributed by atoms with van der Waals surface area (Å²) >= 11 is 0. The van der Waals surface area contributed by atoms with Crippen LogP contribution in [0.15, 0.2) is 0 Å². The number of methoxy groups -OCH3 is 1. The molecule has 3 heteroatoms. The van der Waals surface area contributed by atoms with Crippen LogP contribution in [-0.2, 0) is 9.53 Å². The van der Waals surface area contributed by atoms with Gasteiger partial charge in [-0.25, -0.2) is 0 Å². The van der Waals surface area contributed by atoms with Crippen molar-refractivity contribution in [2.24, 2.45) is 11.8 Å². The first-order valence-electron chi connectivity index (χ1n) is 5.08. The third kappa shape index (κ3) is 1.85. The van der Waals surface area contributed by atoms with Gasteiger partial charge in [0.15, 0.2) is 0 Å².